The molecule has 16 heteroatoms. The number of carbonyl (C=O) groups is 5. The van der Waals surface area contributed by atoms with E-state index in [1.54, 1.807) is 74.5 Å². The maximum absolute atomic E-state index is 15.0. The molecule has 4 aromatic carbocycles. The van der Waals surface area contributed by atoms with E-state index in [2.05, 4.69) is 39.5 Å². The quantitative estimate of drug-likeness (QED) is 0.0120. The van der Waals surface area contributed by atoms with Crippen LogP contribution in [0.4, 0.5) is 4.39 Å². The maximum atomic E-state index is 15.0. The minimum Gasteiger partial charge on any atom is -0.491 e. The summed E-state index contributed by atoms with van der Waals surface area (Å²) in [7, 11) is 0. The van der Waals surface area contributed by atoms with Crippen LogP contribution in [0, 0.1) is 5.82 Å². The van der Waals surface area contributed by atoms with Gasteiger partial charge in [-0.2, -0.15) is 0 Å². The molecule has 0 atom stereocenters. The van der Waals surface area contributed by atoms with Crippen molar-refractivity contribution < 1.29 is 75.7 Å². The Balaban J connectivity index is 1.25. The van der Waals surface area contributed by atoms with Crippen LogP contribution >= 0.6 is 0 Å². The Morgan fingerprint density at radius 2 is 0.833 bits per heavy atom. The highest BCUT2D eigenvalue weighted by Crippen LogP contribution is 2.34. The first-order valence-electron chi connectivity index (χ1n) is 22.5. The molecular formula is C56H59FO15. The Bertz CT molecular complexity index is 2680. The van der Waals surface area contributed by atoms with Crippen LogP contribution in [-0.2, 0) is 42.9 Å². The van der Waals surface area contributed by atoms with Gasteiger partial charge in [0.05, 0.1) is 13.2 Å². The third-order valence-electron chi connectivity index (χ3n) is 9.65. The number of halogens is 1. The first kappa shape index (κ1) is 56.3. The summed E-state index contributed by atoms with van der Waals surface area (Å²) in [6, 6.07) is 21.1. The van der Waals surface area contributed by atoms with Crippen LogP contribution in [0.1, 0.15) is 40.5 Å². The molecular weight excluding hydrogens is 932 g/mol. The molecule has 0 aliphatic heterocycles. The summed E-state index contributed by atoms with van der Waals surface area (Å²) in [4.78, 5) is 60.3. The Morgan fingerprint density at radius 1 is 0.417 bits per heavy atom. The number of hydrogen-bond donors (Lipinski definition) is 0. The van der Waals surface area contributed by atoms with Crippen molar-refractivity contribution in [2.75, 3.05) is 59.5 Å². The Morgan fingerprint density at radius 3 is 1.29 bits per heavy atom. The fourth-order valence-electron chi connectivity index (χ4n) is 5.84. The second-order valence-electron chi connectivity index (χ2n) is 16.2. The van der Waals surface area contributed by atoms with Gasteiger partial charge in [-0.05, 0) is 111 Å². The summed E-state index contributed by atoms with van der Waals surface area (Å²) in [5.41, 5.74) is 4.24. The molecule has 0 aliphatic rings. The molecule has 15 nitrogen and oxygen atoms in total. The molecule has 0 N–H and O–H groups in total. The van der Waals surface area contributed by atoms with Gasteiger partial charge in [-0.3, -0.25) is 0 Å². The average molecular weight is 991 g/mol. The highest BCUT2D eigenvalue weighted by Gasteiger charge is 2.16. The molecule has 0 radical (unpaired) electrons. The average Bonchev–Trinajstić information content (AvgIpc) is 3.34. The molecule has 0 saturated carbocycles. The smallest absolute Gasteiger partial charge is 0.338 e. The van der Waals surface area contributed by atoms with Gasteiger partial charge in [0.2, 0.25) is 0 Å². The fraction of sp³-hybridized carbons (Fsp3) is 0.268. The van der Waals surface area contributed by atoms with Crippen molar-refractivity contribution in [3.63, 3.8) is 0 Å². The van der Waals surface area contributed by atoms with Gasteiger partial charge in [-0.25, -0.2) is 28.4 Å². The topological polar surface area (TPSA) is 178 Å². The van der Waals surface area contributed by atoms with Crippen LogP contribution < -0.4 is 28.4 Å². The lowest BCUT2D eigenvalue weighted by Crippen LogP contribution is -2.14. The van der Waals surface area contributed by atoms with Crippen molar-refractivity contribution in [1.82, 2.24) is 0 Å². The summed E-state index contributed by atoms with van der Waals surface area (Å²) in [5, 5.41) is 0. The van der Waals surface area contributed by atoms with Crippen LogP contribution in [0.5, 0.6) is 34.5 Å². The molecule has 0 bridgehead atoms. The molecule has 0 aromatic heterocycles. The molecule has 72 heavy (non-hydrogen) atoms. The van der Waals surface area contributed by atoms with Gasteiger partial charge in [0.25, 0.3) is 0 Å². The zero-order valence-corrected chi connectivity index (χ0v) is 41.0. The Labute approximate surface area is 418 Å². The lowest BCUT2D eigenvalue weighted by atomic mass is 10.0. The van der Waals surface area contributed by atoms with Gasteiger partial charge in [-0.15, -0.1) is 0 Å². The van der Waals surface area contributed by atoms with E-state index in [0.29, 0.717) is 51.9 Å². The predicted octanol–water partition coefficient (Wildman–Crippen LogP) is 10.0. The first-order valence-corrected chi connectivity index (χ1v) is 22.5. The van der Waals surface area contributed by atoms with E-state index in [1.165, 1.54) is 26.0 Å². The second kappa shape index (κ2) is 28.4. The summed E-state index contributed by atoms with van der Waals surface area (Å²) in [5.74, 6) is -2.17. The third-order valence-corrected chi connectivity index (χ3v) is 9.65. The number of rotatable bonds is 30. The van der Waals surface area contributed by atoms with Crippen molar-refractivity contribution in [2.24, 2.45) is 0 Å². The van der Waals surface area contributed by atoms with Gasteiger partial charge in [-0.1, -0.05) is 63.2 Å². The van der Waals surface area contributed by atoms with Gasteiger partial charge in [0, 0.05) is 40.0 Å². The molecule has 4 aromatic rings. The highest BCUT2D eigenvalue weighted by molar-refractivity contribution is 5.90. The number of esters is 5. The van der Waals surface area contributed by atoms with Crippen LogP contribution in [0.2, 0.25) is 0 Å². The monoisotopic (exact) mass is 990 g/mol. The van der Waals surface area contributed by atoms with Crippen molar-refractivity contribution in [1.29, 1.82) is 0 Å². The standard InChI is InChI=1S/C56H59FO15/c1-35(2)52(58)68-24-21-65-47-28-43(41-13-16-45(17-14-41)71-54(60)37(5)6)27-46(32-47)64-20-19-63-34-39(9)11-12-40(10)56(62)70-26-23-67-49-30-44(29-48(33-49)66-22-25-69-53(59)36(3)4)42-15-18-51(50(57)31-42)72-55(61)38(7)8/h13-18,27-33H,1,3,5,7,9-12,19-26,34H2,2,4,6,8H3. The number of benzene rings is 4. The zero-order valence-electron chi connectivity index (χ0n) is 41.0. The highest BCUT2D eigenvalue weighted by atomic mass is 19.1. The van der Waals surface area contributed by atoms with E-state index >= 15 is 4.39 Å². The minimum absolute atomic E-state index is 0.00922. The van der Waals surface area contributed by atoms with Gasteiger partial charge < -0.3 is 47.4 Å². The predicted molar refractivity (Wildman–Crippen MR) is 267 cm³/mol. The van der Waals surface area contributed by atoms with Gasteiger partial charge in [0.1, 0.15) is 75.0 Å². The molecule has 0 heterocycles. The fourth-order valence-corrected chi connectivity index (χ4v) is 5.84. The van der Waals surface area contributed by atoms with Crippen molar-refractivity contribution in [3.05, 3.63) is 158 Å². The molecule has 380 valence electrons. The number of hydrogen-bond acceptors (Lipinski definition) is 15. The minimum atomic E-state index is -0.789. The summed E-state index contributed by atoms with van der Waals surface area (Å²) in [6.07, 6.45) is 0.671. The second-order valence-corrected chi connectivity index (χ2v) is 16.2. The van der Waals surface area contributed by atoms with Crippen molar-refractivity contribution in [3.8, 4) is 56.8 Å². The normalized spacial score (nSPS) is 10.5. The van der Waals surface area contributed by atoms with E-state index in [9.17, 15) is 24.0 Å². The maximum Gasteiger partial charge on any atom is 0.338 e. The van der Waals surface area contributed by atoms with E-state index < -0.39 is 35.7 Å². The van der Waals surface area contributed by atoms with E-state index in [4.69, 9.17) is 47.4 Å². The van der Waals surface area contributed by atoms with E-state index in [1.807, 2.05) is 6.07 Å². The first-order chi connectivity index (χ1) is 34.3. The van der Waals surface area contributed by atoms with E-state index in [-0.39, 0.29) is 99.5 Å². The van der Waals surface area contributed by atoms with Crippen molar-refractivity contribution in [2.45, 2.75) is 40.5 Å². The van der Waals surface area contributed by atoms with E-state index in [0.717, 1.165) is 11.1 Å². The largest absolute Gasteiger partial charge is 0.491 e. The summed E-state index contributed by atoms with van der Waals surface area (Å²) >= 11 is 0. The molecule has 0 spiro atoms. The zero-order chi connectivity index (χ0) is 52.7. The van der Waals surface area contributed by atoms with Crippen LogP contribution in [0.15, 0.2) is 152 Å². The molecule has 4 rings (SSSR count). The summed E-state index contributed by atoms with van der Waals surface area (Å²) < 4.78 is 70.4. The number of carbonyl (C=O) groups excluding carboxylic acids is 5. The van der Waals surface area contributed by atoms with Gasteiger partial charge >= 0.3 is 29.8 Å². The number of ether oxygens (including phenoxy) is 10. The molecule has 0 fully saturated rings. The van der Waals surface area contributed by atoms with Crippen LogP contribution in [0.3, 0.4) is 0 Å². The van der Waals surface area contributed by atoms with Gasteiger partial charge in [0.15, 0.2) is 11.6 Å². The molecule has 0 aliphatic carbocycles. The summed E-state index contributed by atoms with van der Waals surface area (Å²) in [6.45, 7) is 28.6. The molecule has 0 saturated heterocycles. The third kappa shape index (κ3) is 19.3. The Hall–Kier alpha value is -8.24. The van der Waals surface area contributed by atoms with Crippen LogP contribution in [0.25, 0.3) is 22.3 Å². The SMILES string of the molecule is C=C(CCC(=C)C(=O)OCCOc1cc(OCCOC(=O)C(=C)C)cc(-c2ccc(OC(=O)C(=C)C)c(F)c2)c1)COCCOc1cc(OCCOC(=O)C(=C)C)cc(-c2ccc(OC(=O)C(=C)C)cc2)c1. The molecule has 0 unspecified atom stereocenters. The lowest BCUT2D eigenvalue weighted by Gasteiger charge is -2.14. The lowest BCUT2D eigenvalue weighted by molar-refractivity contribution is -0.140. The Kier molecular flexibility index (Phi) is 22.3. The van der Waals surface area contributed by atoms with Crippen molar-refractivity contribution >= 4 is 29.8 Å². The molecule has 0 amide bonds. The van der Waals surface area contributed by atoms with Crippen LogP contribution in [-0.4, -0.2) is 89.3 Å².